The summed E-state index contributed by atoms with van der Waals surface area (Å²) < 4.78 is 0. The van der Waals surface area contributed by atoms with Gasteiger partial charge in [0.05, 0.1) is 6.54 Å². The summed E-state index contributed by atoms with van der Waals surface area (Å²) in [5.74, 6) is -0.234. The summed E-state index contributed by atoms with van der Waals surface area (Å²) in [5, 5.41) is 3.19. The number of piperazine rings is 1. The van der Waals surface area contributed by atoms with Crippen LogP contribution in [0.25, 0.3) is 0 Å². The molecule has 0 saturated carbocycles. The Morgan fingerprint density at radius 3 is 2.45 bits per heavy atom. The van der Waals surface area contributed by atoms with Gasteiger partial charge in [-0.05, 0) is 0 Å². The third-order valence-electron chi connectivity index (χ3n) is 1.59. The van der Waals surface area contributed by atoms with Crippen LogP contribution in [0.2, 0.25) is 0 Å². The van der Waals surface area contributed by atoms with Crippen molar-refractivity contribution in [3.05, 3.63) is 0 Å². The fraction of sp³-hybridized carbons (Fsp3) is 0.833. The van der Waals surface area contributed by atoms with Gasteiger partial charge in [0, 0.05) is 26.2 Å². The van der Waals surface area contributed by atoms with E-state index in [0.717, 1.165) is 26.2 Å². The second-order valence-electron chi connectivity index (χ2n) is 2.49. The number of rotatable bonds is 2. The standard InChI is InChI=1S/C6H13N3O.ClH/c7-6(10)5-9-3-1-8-2-4-9;/h8H,1-5H2,(H2,7,10);1H. The van der Waals surface area contributed by atoms with Crippen LogP contribution in [0.1, 0.15) is 0 Å². The number of hydrogen-bond donors (Lipinski definition) is 2. The lowest BCUT2D eigenvalue weighted by atomic mass is 10.3. The molecule has 1 saturated heterocycles. The fourth-order valence-corrected chi connectivity index (χ4v) is 1.09. The summed E-state index contributed by atoms with van der Waals surface area (Å²) >= 11 is 0. The monoisotopic (exact) mass is 179 g/mol. The van der Waals surface area contributed by atoms with E-state index in [4.69, 9.17) is 5.73 Å². The number of nitrogens with zero attached hydrogens (tertiary/aromatic N) is 1. The van der Waals surface area contributed by atoms with Gasteiger partial charge in [0.25, 0.3) is 0 Å². The number of amides is 1. The minimum Gasteiger partial charge on any atom is -0.369 e. The van der Waals surface area contributed by atoms with Crippen molar-refractivity contribution in [1.29, 1.82) is 0 Å². The highest BCUT2D eigenvalue weighted by Gasteiger charge is 2.10. The predicted molar refractivity (Wildman–Crippen MR) is 45.8 cm³/mol. The number of carbonyl (C=O) groups excluding carboxylic acids is 1. The van der Waals surface area contributed by atoms with E-state index in [9.17, 15) is 4.79 Å². The normalized spacial score (nSPS) is 18.9. The Labute approximate surface area is 72.5 Å². The largest absolute Gasteiger partial charge is 0.369 e. The minimum atomic E-state index is -0.234. The van der Waals surface area contributed by atoms with Crippen LogP contribution in [0.3, 0.4) is 0 Å². The zero-order valence-corrected chi connectivity index (χ0v) is 7.19. The molecule has 1 aliphatic rings. The van der Waals surface area contributed by atoms with Gasteiger partial charge in [-0.3, -0.25) is 9.69 Å². The van der Waals surface area contributed by atoms with E-state index in [-0.39, 0.29) is 18.3 Å². The van der Waals surface area contributed by atoms with Crippen LogP contribution in [0, 0.1) is 0 Å². The molecule has 0 spiro atoms. The van der Waals surface area contributed by atoms with E-state index < -0.39 is 0 Å². The number of hydrogen-bond acceptors (Lipinski definition) is 3. The zero-order chi connectivity index (χ0) is 7.40. The molecular formula is C6H14ClN3O. The number of nitrogens with two attached hydrogens (primary N) is 1. The van der Waals surface area contributed by atoms with Gasteiger partial charge >= 0.3 is 0 Å². The Bertz CT molecular complexity index is 125. The first kappa shape index (κ1) is 10.7. The smallest absolute Gasteiger partial charge is 0.231 e. The molecule has 0 aromatic carbocycles. The van der Waals surface area contributed by atoms with Crippen LogP contribution >= 0.6 is 12.4 Å². The lowest BCUT2D eigenvalue weighted by Crippen LogP contribution is -2.46. The number of carbonyl (C=O) groups is 1. The molecule has 66 valence electrons. The lowest BCUT2D eigenvalue weighted by molar-refractivity contribution is -0.119. The van der Waals surface area contributed by atoms with Gasteiger partial charge in [-0.15, -0.1) is 12.4 Å². The van der Waals surface area contributed by atoms with E-state index in [1.807, 2.05) is 0 Å². The van der Waals surface area contributed by atoms with Crippen molar-refractivity contribution in [3.63, 3.8) is 0 Å². The van der Waals surface area contributed by atoms with Crippen LogP contribution in [0.15, 0.2) is 0 Å². The highest BCUT2D eigenvalue weighted by Crippen LogP contribution is 1.89. The molecule has 11 heavy (non-hydrogen) atoms. The van der Waals surface area contributed by atoms with Gasteiger partial charge < -0.3 is 11.1 Å². The number of nitrogens with one attached hydrogen (secondary N) is 1. The Hall–Kier alpha value is -0.320. The van der Waals surface area contributed by atoms with Crippen molar-refractivity contribution >= 4 is 18.3 Å². The summed E-state index contributed by atoms with van der Waals surface area (Å²) in [5.41, 5.74) is 5.02. The lowest BCUT2D eigenvalue weighted by Gasteiger charge is -2.25. The average molecular weight is 180 g/mol. The molecule has 0 unspecified atom stereocenters. The first-order valence-corrected chi connectivity index (χ1v) is 3.50. The Morgan fingerprint density at radius 1 is 1.45 bits per heavy atom. The van der Waals surface area contributed by atoms with Gasteiger partial charge in [-0.1, -0.05) is 0 Å². The van der Waals surface area contributed by atoms with Crippen LogP contribution in [0.5, 0.6) is 0 Å². The Balaban J connectivity index is 0.000001000. The van der Waals surface area contributed by atoms with E-state index in [2.05, 4.69) is 10.2 Å². The van der Waals surface area contributed by atoms with Crippen LogP contribution in [0.4, 0.5) is 0 Å². The fourth-order valence-electron chi connectivity index (χ4n) is 1.09. The van der Waals surface area contributed by atoms with Crippen molar-refractivity contribution in [2.45, 2.75) is 0 Å². The van der Waals surface area contributed by atoms with Gasteiger partial charge in [-0.2, -0.15) is 0 Å². The maximum absolute atomic E-state index is 10.4. The molecule has 0 atom stereocenters. The summed E-state index contributed by atoms with van der Waals surface area (Å²) in [4.78, 5) is 12.5. The molecule has 1 heterocycles. The van der Waals surface area contributed by atoms with E-state index in [0.29, 0.717) is 6.54 Å². The maximum atomic E-state index is 10.4. The Morgan fingerprint density at radius 2 is 2.00 bits per heavy atom. The molecule has 0 aromatic rings. The second kappa shape index (κ2) is 5.35. The van der Waals surface area contributed by atoms with Crippen molar-refractivity contribution in [2.24, 2.45) is 5.73 Å². The molecule has 5 heteroatoms. The van der Waals surface area contributed by atoms with Crippen molar-refractivity contribution in [1.82, 2.24) is 10.2 Å². The molecule has 0 aromatic heterocycles. The quantitative estimate of drug-likeness (QED) is 0.560. The van der Waals surface area contributed by atoms with Crippen LogP contribution in [-0.4, -0.2) is 43.5 Å². The molecule has 1 rings (SSSR count). The molecule has 0 bridgehead atoms. The number of primary amides is 1. The van der Waals surface area contributed by atoms with E-state index >= 15 is 0 Å². The summed E-state index contributed by atoms with van der Waals surface area (Å²) in [6, 6.07) is 0. The topological polar surface area (TPSA) is 58.4 Å². The molecule has 1 aliphatic heterocycles. The van der Waals surface area contributed by atoms with Crippen LogP contribution < -0.4 is 11.1 Å². The van der Waals surface area contributed by atoms with Gasteiger partial charge in [0.15, 0.2) is 0 Å². The molecule has 1 fully saturated rings. The summed E-state index contributed by atoms with van der Waals surface area (Å²) in [7, 11) is 0. The van der Waals surface area contributed by atoms with Gasteiger partial charge in [-0.25, -0.2) is 0 Å². The zero-order valence-electron chi connectivity index (χ0n) is 6.38. The third kappa shape index (κ3) is 4.19. The molecule has 4 nitrogen and oxygen atoms in total. The van der Waals surface area contributed by atoms with E-state index in [1.54, 1.807) is 0 Å². The molecular weight excluding hydrogens is 166 g/mol. The van der Waals surface area contributed by atoms with Gasteiger partial charge in [0.2, 0.25) is 5.91 Å². The molecule has 3 N–H and O–H groups in total. The third-order valence-corrected chi connectivity index (χ3v) is 1.59. The van der Waals surface area contributed by atoms with Crippen LogP contribution in [-0.2, 0) is 4.79 Å². The summed E-state index contributed by atoms with van der Waals surface area (Å²) in [6.07, 6.45) is 0. The predicted octanol–water partition coefficient (Wildman–Crippen LogP) is -1.20. The molecule has 0 radical (unpaired) electrons. The van der Waals surface area contributed by atoms with E-state index in [1.165, 1.54) is 0 Å². The first-order valence-electron chi connectivity index (χ1n) is 3.50. The van der Waals surface area contributed by atoms with Gasteiger partial charge in [0.1, 0.15) is 0 Å². The first-order chi connectivity index (χ1) is 4.79. The second-order valence-corrected chi connectivity index (χ2v) is 2.49. The van der Waals surface area contributed by atoms with Crippen molar-refractivity contribution in [2.75, 3.05) is 32.7 Å². The SMILES string of the molecule is Cl.NC(=O)CN1CCNCC1. The molecule has 1 amide bonds. The number of halogens is 1. The highest BCUT2D eigenvalue weighted by atomic mass is 35.5. The average Bonchev–Trinajstić information content (AvgIpc) is 1.88. The maximum Gasteiger partial charge on any atom is 0.231 e. The highest BCUT2D eigenvalue weighted by molar-refractivity contribution is 5.85. The van der Waals surface area contributed by atoms with Crippen molar-refractivity contribution in [3.8, 4) is 0 Å². The minimum absolute atomic E-state index is 0. The summed E-state index contributed by atoms with van der Waals surface area (Å²) in [6.45, 7) is 4.20. The Kier molecular flexibility index (Phi) is 5.19. The van der Waals surface area contributed by atoms with Crippen molar-refractivity contribution < 1.29 is 4.79 Å². The molecule has 0 aliphatic carbocycles.